The maximum Gasteiger partial charge on any atom is 0.278 e. The van der Waals surface area contributed by atoms with Crippen molar-refractivity contribution in [2.24, 2.45) is 5.92 Å². The van der Waals surface area contributed by atoms with Gasteiger partial charge in [0.15, 0.2) is 5.78 Å². The van der Waals surface area contributed by atoms with Crippen LogP contribution >= 0.6 is 33.9 Å². The number of anilines is 2. The fourth-order valence-electron chi connectivity index (χ4n) is 2.48. The number of nitrogens with one attached hydrogen (secondary N) is 2. The van der Waals surface area contributed by atoms with Crippen molar-refractivity contribution in [1.29, 1.82) is 0 Å². The number of ketones is 1. The first-order valence-electron chi connectivity index (χ1n) is 8.15. The molecule has 0 radical (unpaired) electrons. The zero-order valence-electron chi connectivity index (χ0n) is 14.3. The van der Waals surface area contributed by atoms with E-state index in [1.165, 1.54) is 13.0 Å². The van der Waals surface area contributed by atoms with Gasteiger partial charge in [-0.3, -0.25) is 14.4 Å². The molecule has 1 aliphatic rings. The predicted molar refractivity (Wildman–Crippen MR) is 108 cm³/mol. The van der Waals surface area contributed by atoms with Gasteiger partial charge in [0, 0.05) is 3.57 Å². The molecule has 0 aliphatic heterocycles. The molecule has 8 heteroatoms. The highest BCUT2D eigenvalue weighted by Gasteiger charge is 2.25. The van der Waals surface area contributed by atoms with Crippen molar-refractivity contribution in [3.63, 3.8) is 0 Å². The largest absolute Gasteiger partial charge is 0.344 e. The molecular formula is C18H18FIN2O3S. The van der Waals surface area contributed by atoms with Crippen LogP contribution in [0, 0.1) is 22.2 Å². The van der Waals surface area contributed by atoms with E-state index in [0.29, 0.717) is 33.5 Å². The van der Waals surface area contributed by atoms with Gasteiger partial charge in [0.2, 0.25) is 0 Å². The van der Waals surface area contributed by atoms with Gasteiger partial charge in [-0.25, -0.2) is 9.87 Å². The summed E-state index contributed by atoms with van der Waals surface area (Å²) in [6, 6.07) is 4.76. The Balaban J connectivity index is 1.87. The summed E-state index contributed by atoms with van der Waals surface area (Å²) in [6.07, 6.45) is 2.22. The van der Waals surface area contributed by atoms with Crippen LogP contribution in [-0.4, -0.2) is 18.3 Å². The topological polar surface area (TPSA) is 67.4 Å². The second-order valence-corrected chi connectivity index (χ2v) is 8.52. The average molecular weight is 488 g/mol. The van der Waals surface area contributed by atoms with Gasteiger partial charge in [0.25, 0.3) is 5.91 Å². The monoisotopic (exact) mass is 488 g/mol. The lowest BCUT2D eigenvalue weighted by Crippen LogP contribution is -2.25. The van der Waals surface area contributed by atoms with Gasteiger partial charge in [-0.15, -0.1) is 11.3 Å². The van der Waals surface area contributed by atoms with Crippen LogP contribution in [0.1, 0.15) is 45.4 Å². The SMILES string of the molecule is CC(=O)c1sc(Nc2ccc(I)cc2F)c(C(=O)NOCC2CC2)c1C. The minimum atomic E-state index is -0.444. The van der Waals surface area contributed by atoms with E-state index in [1.54, 1.807) is 19.1 Å². The molecule has 0 unspecified atom stereocenters. The molecular weight excluding hydrogens is 470 g/mol. The van der Waals surface area contributed by atoms with Crippen LogP contribution in [0.2, 0.25) is 0 Å². The third kappa shape index (κ3) is 4.41. The van der Waals surface area contributed by atoms with Gasteiger partial charge in [-0.05, 0) is 79.0 Å². The lowest BCUT2D eigenvalue weighted by Gasteiger charge is -2.10. The normalized spacial score (nSPS) is 13.5. The Bertz CT molecular complexity index is 864. The maximum absolute atomic E-state index is 14.2. The molecule has 3 rings (SSSR count). The summed E-state index contributed by atoms with van der Waals surface area (Å²) in [6.45, 7) is 3.63. The van der Waals surface area contributed by atoms with Crippen molar-refractivity contribution in [1.82, 2.24) is 5.48 Å². The number of hydrogen-bond acceptors (Lipinski definition) is 5. The molecule has 138 valence electrons. The summed E-state index contributed by atoms with van der Waals surface area (Å²) < 4.78 is 14.9. The van der Waals surface area contributed by atoms with Crippen molar-refractivity contribution >= 4 is 56.3 Å². The fraction of sp³-hybridized carbons (Fsp3) is 0.333. The van der Waals surface area contributed by atoms with Crippen LogP contribution in [0.15, 0.2) is 18.2 Å². The fourth-order valence-corrected chi connectivity index (χ4v) is 4.05. The molecule has 2 N–H and O–H groups in total. The van der Waals surface area contributed by atoms with Crippen LogP contribution in [0.4, 0.5) is 15.1 Å². The highest BCUT2D eigenvalue weighted by atomic mass is 127. The summed E-state index contributed by atoms with van der Waals surface area (Å²) in [4.78, 5) is 30.2. The molecule has 0 bridgehead atoms. The molecule has 26 heavy (non-hydrogen) atoms. The number of thiophene rings is 1. The zero-order valence-corrected chi connectivity index (χ0v) is 17.3. The molecule has 0 atom stereocenters. The quantitative estimate of drug-likeness (QED) is 0.333. The molecule has 0 spiro atoms. The maximum atomic E-state index is 14.2. The third-order valence-corrected chi connectivity index (χ3v) is 6.03. The summed E-state index contributed by atoms with van der Waals surface area (Å²) >= 11 is 3.16. The second-order valence-electron chi connectivity index (χ2n) is 6.25. The van der Waals surface area contributed by atoms with Gasteiger partial charge >= 0.3 is 0 Å². The van der Waals surface area contributed by atoms with E-state index in [2.05, 4.69) is 10.8 Å². The van der Waals surface area contributed by atoms with Gasteiger partial charge in [-0.1, -0.05) is 0 Å². The Morgan fingerprint density at radius 3 is 2.73 bits per heavy atom. The van der Waals surface area contributed by atoms with Crippen molar-refractivity contribution in [3.05, 3.63) is 43.6 Å². The van der Waals surface area contributed by atoms with E-state index >= 15 is 0 Å². The van der Waals surface area contributed by atoms with Gasteiger partial charge in [0.05, 0.1) is 22.7 Å². The van der Waals surface area contributed by atoms with E-state index in [-0.39, 0.29) is 11.5 Å². The Hall–Kier alpha value is -1.52. The number of carbonyl (C=O) groups excluding carboxylic acids is 2. The minimum absolute atomic E-state index is 0.142. The zero-order chi connectivity index (χ0) is 18.8. The van der Waals surface area contributed by atoms with Crippen LogP contribution in [0.3, 0.4) is 0 Å². The Morgan fingerprint density at radius 2 is 2.12 bits per heavy atom. The number of benzene rings is 1. The number of rotatable bonds is 7. The van der Waals surface area contributed by atoms with Crippen molar-refractivity contribution in [2.45, 2.75) is 26.7 Å². The predicted octanol–water partition coefficient (Wildman–Crippen LogP) is 4.82. The Kier molecular flexibility index (Phi) is 5.93. The first-order chi connectivity index (χ1) is 12.4. The smallest absolute Gasteiger partial charge is 0.278 e. The molecule has 2 aromatic rings. The standard InChI is InChI=1S/C18H18FIN2O3S/c1-9-15(17(24)22-25-8-11-3-4-11)18(26-16(9)10(2)23)21-14-6-5-12(20)7-13(14)19/h5-7,11,21H,3-4,8H2,1-2H3,(H,22,24). The molecule has 1 heterocycles. The molecule has 1 aliphatic carbocycles. The van der Waals surface area contributed by atoms with E-state index < -0.39 is 11.7 Å². The van der Waals surface area contributed by atoms with E-state index in [4.69, 9.17) is 4.84 Å². The van der Waals surface area contributed by atoms with E-state index in [9.17, 15) is 14.0 Å². The van der Waals surface area contributed by atoms with Gasteiger partial charge in [-0.2, -0.15) is 0 Å². The molecule has 1 aromatic carbocycles. The molecule has 0 saturated heterocycles. The molecule has 5 nitrogen and oxygen atoms in total. The molecule has 1 aromatic heterocycles. The van der Waals surface area contributed by atoms with E-state index in [0.717, 1.165) is 27.7 Å². The lowest BCUT2D eigenvalue weighted by atomic mass is 10.1. The summed E-state index contributed by atoms with van der Waals surface area (Å²) in [7, 11) is 0. The van der Waals surface area contributed by atoms with Crippen molar-refractivity contribution in [2.75, 3.05) is 11.9 Å². The summed E-state index contributed by atoms with van der Waals surface area (Å²) in [5, 5.41) is 3.37. The second kappa shape index (κ2) is 8.01. The van der Waals surface area contributed by atoms with Crippen molar-refractivity contribution in [3.8, 4) is 0 Å². The Morgan fingerprint density at radius 1 is 1.38 bits per heavy atom. The Labute approximate surface area is 168 Å². The molecule has 1 saturated carbocycles. The number of hydroxylamine groups is 1. The van der Waals surface area contributed by atoms with Crippen LogP contribution in [-0.2, 0) is 4.84 Å². The molecule has 1 fully saturated rings. The number of Topliss-reactive ketones (excluding diaryl/α,β-unsaturated/α-hetero) is 1. The van der Waals surface area contributed by atoms with Crippen LogP contribution in [0.25, 0.3) is 0 Å². The highest BCUT2D eigenvalue weighted by molar-refractivity contribution is 14.1. The van der Waals surface area contributed by atoms with Crippen LogP contribution in [0.5, 0.6) is 0 Å². The first kappa shape index (κ1) is 19.2. The van der Waals surface area contributed by atoms with Gasteiger partial charge in [0.1, 0.15) is 10.8 Å². The van der Waals surface area contributed by atoms with Crippen molar-refractivity contribution < 1.29 is 18.8 Å². The van der Waals surface area contributed by atoms with Gasteiger partial charge < -0.3 is 5.32 Å². The third-order valence-electron chi connectivity index (χ3n) is 4.05. The first-order valence-corrected chi connectivity index (χ1v) is 10.0. The highest BCUT2D eigenvalue weighted by Crippen LogP contribution is 2.36. The lowest BCUT2D eigenvalue weighted by molar-refractivity contribution is 0.0271. The van der Waals surface area contributed by atoms with E-state index in [1.807, 2.05) is 22.6 Å². The number of amides is 1. The number of halogens is 2. The molecule has 1 amide bonds. The average Bonchev–Trinajstić information content (AvgIpc) is 3.32. The summed E-state index contributed by atoms with van der Waals surface area (Å²) in [5.41, 5.74) is 3.54. The minimum Gasteiger partial charge on any atom is -0.344 e. The number of hydrogen-bond donors (Lipinski definition) is 2. The van der Waals surface area contributed by atoms with Crippen LogP contribution < -0.4 is 10.8 Å². The summed E-state index contributed by atoms with van der Waals surface area (Å²) in [5.74, 6) is -0.509. The number of carbonyl (C=O) groups is 2.